The molecule has 106 valence electrons. The Morgan fingerprint density at radius 1 is 1.45 bits per heavy atom. The molecule has 6 heteroatoms. The predicted octanol–water partition coefficient (Wildman–Crippen LogP) is 3.17. The Morgan fingerprint density at radius 3 is 2.65 bits per heavy atom. The molecule has 5 nitrogen and oxygen atoms in total. The lowest BCUT2D eigenvalue weighted by Gasteiger charge is -2.15. The van der Waals surface area contributed by atoms with Gasteiger partial charge in [-0.1, -0.05) is 11.6 Å². The van der Waals surface area contributed by atoms with Crippen LogP contribution >= 0.6 is 11.6 Å². The minimum absolute atomic E-state index is 0.108. The van der Waals surface area contributed by atoms with Gasteiger partial charge < -0.3 is 5.32 Å². The number of rotatable bonds is 5. The highest BCUT2D eigenvalue weighted by Gasteiger charge is 2.53. The summed E-state index contributed by atoms with van der Waals surface area (Å²) in [5.41, 5.74) is 0.509. The second-order valence-corrected chi connectivity index (χ2v) is 6.15. The van der Waals surface area contributed by atoms with Crippen LogP contribution in [0.3, 0.4) is 0 Å². The Morgan fingerprint density at radius 2 is 2.15 bits per heavy atom. The van der Waals surface area contributed by atoms with Gasteiger partial charge in [-0.2, -0.15) is 0 Å². The lowest BCUT2D eigenvalue weighted by Crippen LogP contribution is -2.31. The Balaban J connectivity index is 1.66. The number of amides is 1. The van der Waals surface area contributed by atoms with Crippen molar-refractivity contribution < 1.29 is 9.72 Å². The Hall–Kier alpha value is -1.62. The molecule has 20 heavy (non-hydrogen) atoms. The summed E-state index contributed by atoms with van der Waals surface area (Å²) in [4.78, 5) is 22.2. The van der Waals surface area contributed by atoms with Crippen LogP contribution < -0.4 is 5.32 Å². The molecule has 0 aliphatic heterocycles. The van der Waals surface area contributed by atoms with E-state index in [1.165, 1.54) is 43.9 Å². The number of nitrogens with zero attached hydrogens (tertiary/aromatic N) is 1. The Kier molecular flexibility index (Phi) is 3.17. The van der Waals surface area contributed by atoms with Gasteiger partial charge in [0.25, 0.3) is 11.6 Å². The summed E-state index contributed by atoms with van der Waals surface area (Å²) in [6.07, 6.45) is 4.92. The standard InChI is InChI=1S/C14H15ClN2O3/c15-12-7-10(17(19)20)3-4-11(12)13(18)16-8-14(5-6-14)9-1-2-9/h3-4,7,9H,1-2,5-6,8H2,(H,16,18). The quantitative estimate of drug-likeness (QED) is 0.669. The average molecular weight is 295 g/mol. The van der Waals surface area contributed by atoms with Crippen LogP contribution in [0.15, 0.2) is 18.2 Å². The number of nitro benzene ring substituents is 1. The van der Waals surface area contributed by atoms with Crippen molar-refractivity contribution in [2.45, 2.75) is 25.7 Å². The molecule has 2 fully saturated rings. The van der Waals surface area contributed by atoms with Gasteiger partial charge in [-0.15, -0.1) is 0 Å². The van der Waals surface area contributed by atoms with Crippen molar-refractivity contribution >= 4 is 23.2 Å². The zero-order chi connectivity index (χ0) is 14.3. The third-order valence-corrected chi connectivity index (χ3v) is 4.66. The number of nitro groups is 1. The first kappa shape index (κ1) is 13.4. The first-order valence-corrected chi connectivity index (χ1v) is 7.12. The number of benzene rings is 1. The zero-order valence-corrected chi connectivity index (χ0v) is 11.7. The number of hydrogen-bond acceptors (Lipinski definition) is 3. The van der Waals surface area contributed by atoms with Gasteiger partial charge in [0.2, 0.25) is 0 Å². The Bertz CT molecular complexity index is 580. The van der Waals surface area contributed by atoms with Crippen molar-refractivity contribution in [3.8, 4) is 0 Å². The molecule has 1 amide bonds. The van der Waals surface area contributed by atoms with Gasteiger partial charge in [0.1, 0.15) is 0 Å². The lowest BCUT2D eigenvalue weighted by atomic mass is 10.0. The van der Waals surface area contributed by atoms with Crippen molar-refractivity contribution in [1.29, 1.82) is 0 Å². The zero-order valence-electron chi connectivity index (χ0n) is 10.9. The minimum atomic E-state index is -0.528. The molecule has 0 radical (unpaired) electrons. The molecular formula is C14H15ClN2O3. The molecule has 2 saturated carbocycles. The van der Waals surface area contributed by atoms with E-state index in [2.05, 4.69) is 5.32 Å². The number of carbonyl (C=O) groups excluding carboxylic acids is 1. The van der Waals surface area contributed by atoms with Crippen LogP contribution in [0.1, 0.15) is 36.0 Å². The average Bonchev–Trinajstić information content (AvgIpc) is 3.27. The van der Waals surface area contributed by atoms with Gasteiger partial charge in [0.05, 0.1) is 15.5 Å². The van der Waals surface area contributed by atoms with E-state index in [9.17, 15) is 14.9 Å². The van der Waals surface area contributed by atoms with E-state index in [-0.39, 0.29) is 16.6 Å². The fourth-order valence-corrected chi connectivity index (χ4v) is 3.00. The number of non-ortho nitro benzene ring substituents is 1. The van der Waals surface area contributed by atoms with Gasteiger partial charge in [0.15, 0.2) is 0 Å². The summed E-state index contributed by atoms with van der Waals surface area (Å²) in [6, 6.07) is 3.92. The summed E-state index contributed by atoms with van der Waals surface area (Å²) in [7, 11) is 0. The first-order valence-electron chi connectivity index (χ1n) is 6.74. The maximum atomic E-state index is 12.1. The fraction of sp³-hybridized carbons (Fsp3) is 0.500. The first-order chi connectivity index (χ1) is 9.52. The maximum Gasteiger partial charge on any atom is 0.270 e. The molecule has 0 atom stereocenters. The van der Waals surface area contributed by atoms with Crippen molar-refractivity contribution in [3.63, 3.8) is 0 Å². The highest BCUT2D eigenvalue weighted by molar-refractivity contribution is 6.34. The molecule has 1 aromatic rings. The van der Waals surface area contributed by atoms with Gasteiger partial charge >= 0.3 is 0 Å². The fourth-order valence-electron chi connectivity index (χ4n) is 2.74. The largest absolute Gasteiger partial charge is 0.351 e. The molecule has 0 spiro atoms. The van der Waals surface area contributed by atoms with Crippen molar-refractivity contribution in [1.82, 2.24) is 5.32 Å². The summed E-state index contributed by atoms with van der Waals surface area (Å²) in [5, 5.41) is 13.7. The topological polar surface area (TPSA) is 72.2 Å². The predicted molar refractivity (Wildman–Crippen MR) is 74.8 cm³/mol. The van der Waals surface area contributed by atoms with E-state index in [1.54, 1.807) is 0 Å². The van der Waals surface area contributed by atoms with E-state index < -0.39 is 4.92 Å². The van der Waals surface area contributed by atoms with Gasteiger partial charge in [-0.05, 0) is 43.1 Å². The molecular weight excluding hydrogens is 280 g/mol. The second-order valence-electron chi connectivity index (χ2n) is 5.74. The van der Waals surface area contributed by atoms with Crippen LogP contribution in [0.4, 0.5) is 5.69 Å². The van der Waals surface area contributed by atoms with E-state index in [0.717, 1.165) is 5.92 Å². The van der Waals surface area contributed by atoms with E-state index in [0.29, 0.717) is 17.5 Å². The third kappa shape index (κ3) is 2.50. The Labute approximate surface area is 121 Å². The molecule has 1 aromatic carbocycles. The molecule has 0 saturated heterocycles. The molecule has 2 aliphatic rings. The smallest absolute Gasteiger partial charge is 0.270 e. The molecule has 2 aliphatic carbocycles. The van der Waals surface area contributed by atoms with E-state index in [1.807, 2.05) is 0 Å². The lowest BCUT2D eigenvalue weighted by molar-refractivity contribution is -0.384. The third-order valence-electron chi connectivity index (χ3n) is 4.34. The van der Waals surface area contributed by atoms with Crippen LogP contribution in [0.2, 0.25) is 5.02 Å². The number of halogens is 1. The molecule has 0 unspecified atom stereocenters. The van der Waals surface area contributed by atoms with Crippen molar-refractivity contribution in [2.24, 2.45) is 11.3 Å². The van der Waals surface area contributed by atoms with Gasteiger partial charge in [0, 0.05) is 18.7 Å². The van der Waals surface area contributed by atoms with Crippen molar-refractivity contribution in [3.05, 3.63) is 38.9 Å². The van der Waals surface area contributed by atoms with E-state index in [4.69, 9.17) is 11.6 Å². The maximum absolute atomic E-state index is 12.1. The van der Waals surface area contributed by atoms with Crippen LogP contribution in [-0.4, -0.2) is 17.4 Å². The van der Waals surface area contributed by atoms with Gasteiger partial charge in [-0.25, -0.2) is 0 Å². The summed E-state index contributed by atoms with van der Waals surface area (Å²) >= 11 is 5.94. The molecule has 0 heterocycles. The summed E-state index contributed by atoms with van der Waals surface area (Å²) in [5.74, 6) is 0.520. The highest BCUT2D eigenvalue weighted by atomic mass is 35.5. The van der Waals surface area contributed by atoms with Crippen LogP contribution in [0.5, 0.6) is 0 Å². The summed E-state index contributed by atoms with van der Waals surface area (Å²) < 4.78 is 0. The van der Waals surface area contributed by atoms with E-state index >= 15 is 0 Å². The normalized spacial score (nSPS) is 19.4. The van der Waals surface area contributed by atoms with Crippen LogP contribution in [0.25, 0.3) is 0 Å². The SMILES string of the molecule is O=C(NCC1(C2CC2)CC1)c1ccc([N+](=O)[O-])cc1Cl. The van der Waals surface area contributed by atoms with Gasteiger partial charge in [-0.3, -0.25) is 14.9 Å². The number of nitrogens with one attached hydrogen (secondary N) is 1. The van der Waals surface area contributed by atoms with Crippen LogP contribution in [0, 0.1) is 21.4 Å². The van der Waals surface area contributed by atoms with Crippen LogP contribution in [-0.2, 0) is 0 Å². The monoisotopic (exact) mass is 294 g/mol. The molecule has 0 aromatic heterocycles. The molecule has 0 bridgehead atoms. The second kappa shape index (κ2) is 4.74. The number of hydrogen-bond donors (Lipinski definition) is 1. The minimum Gasteiger partial charge on any atom is -0.351 e. The summed E-state index contributed by atoms with van der Waals surface area (Å²) in [6.45, 7) is 0.684. The molecule has 1 N–H and O–H groups in total. The highest BCUT2D eigenvalue weighted by Crippen LogP contribution is 2.60. The number of carbonyl (C=O) groups is 1. The van der Waals surface area contributed by atoms with Crippen molar-refractivity contribution in [2.75, 3.05) is 6.54 Å². The molecule has 3 rings (SSSR count).